The first-order chi connectivity index (χ1) is 18.7. The van der Waals surface area contributed by atoms with E-state index in [0.717, 1.165) is 29.9 Å². The van der Waals surface area contributed by atoms with Crippen molar-refractivity contribution in [3.8, 4) is 0 Å². The van der Waals surface area contributed by atoms with Crippen molar-refractivity contribution in [1.82, 2.24) is 15.5 Å². The smallest absolute Gasteiger partial charge is 0.261 e. The van der Waals surface area contributed by atoms with Crippen molar-refractivity contribution in [2.24, 2.45) is 0 Å². The first kappa shape index (κ1) is 29.5. The van der Waals surface area contributed by atoms with Gasteiger partial charge >= 0.3 is 0 Å². The molecule has 1 aromatic heterocycles. The van der Waals surface area contributed by atoms with Crippen LogP contribution in [0, 0.1) is 0 Å². The number of rotatable bonds is 11. The van der Waals surface area contributed by atoms with Gasteiger partial charge < -0.3 is 20.3 Å². The second-order valence-corrected chi connectivity index (χ2v) is 13.6. The van der Waals surface area contributed by atoms with Crippen LogP contribution in [0.2, 0.25) is 4.34 Å². The fourth-order valence-corrected chi connectivity index (χ4v) is 6.65. The van der Waals surface area contributed by atoms with Crippen LogP contribution < -0.4 is 15.5 Å². The molecule has 3 heterocycles. The Hall–Kier alpha value is -2.51. The van der Waals surface area contributed by atoms with Crippen LogP contribution in [-0.2, 0) is 19.4 Å². The molecule has 0 radical (unpaired) electrons. The number of ether oxygens (including phenoxy) is 1. The summed E-state index contributed by atoms with van der Waals surface area (Å²) in [6.07, 6.45) is 2.40. The van der Waals surface area contributed by atoms with E-state index in [1.807, 2.05) is 4.90 Å². The topological polar surface area (TPSA) is 125 Å². The van der Waals surface area contributed by atoms with Crippen LogP contribution in [0.1, 0.15) is 39.3 Å². The molecule has 2 aliphatic heterocycles. The van der Waals surface area contributed by atoms with E-state index < -0.39 is 15.9 Å². The molecule has 1 unspecified atom stereocenters. The molecular weight excluding hydrogens is 564 g/mol. The lowest BCUT2D eigenvalue weighted by atomic mass is 10.1. The second-order valence-electron chi connectivity index (χ2n) is 9.60. The number of amides is 3. The lowest BCUT2D eigenvalue weighted by Gasteiger charge is -2.27. The van der Waals surface area contributed by atoms with Crippen molar-refractivity contribution in [3.05, 3.63) is 51.2 Å². The van der Waals surface area contributed by atoms with Gasteiger partial charge in [0.15, 0.2) is 9.84 Å². The average molecular weight is 597 g/mol. The van der Waals surface area contributed by atoms with E-state index in [1.54, 1.807) is 41.3 Å². The van der Waals surface area contributed by atoms with Crippen LogP contribution in [0.15, 0.2) is 36.4 Å². The predicted molar refractivity (Wildman–Crippen MR) is 151 cm³/mol. The van der Waals surface area contributed by atoms with Gasteiger partial charge in [0.25, 0.3) is 11.8 Å². The highest BCUT2D eigenvalue weighted by atomic mass is 35.5. The van der Waals surface area contributed by atoms with Gasteiger partial charge in [-0.25, -0.2) is 8.42 Å². The summed E-state index contributed by atoms with van der Waals surface area (Å²) in [4.78, 5) is 41.9. The Bertz CT molecular complexity index is 1250. The normalized spacial score (nSPS) is 18.5. The maximum Gasteiger partial charge on any atom is 0.261 e. The van der Waals surface area contributed by atoms with Gasteiger partial charge in [0.05, 0.1) is 40.0 Å². The minimum atomic E-state index is -2.94. The number of carbonyl (C=O) groups is 3. The molecule has 0 spiro atoms. The molecular formula is C26H33ClN4O6S2. The second kappa shape index (κ2) is 13.7. The Morgan fingerprint density at radius 2 is 1.77 bits per heavy atom. The average Bonchev–Trinajstić information content (AvgIpc) is 3.37. The molecule has 212 valence electrons. The van der Waals surface area contributed by atoms with Gasteiger partial charge in [-0.3, -0.25) is 19.3 Å². The standard InChI is InChI=1S/C26H33ClN4O6S2/c27-23-9-8-22(38-23)26(34)29-20(18-37-14-11-30-12-15-39(35,36)16-13-30)17-28-25(33)19-4-6-21(7-5-19)31-10-2-1-3-24(31)32/h4-9,20H,1-3,10-18H2,(H,28,33)(H,29,34). The summed E-state index contributed by atoms with van der Waals surface area (Å²) in [5.41, 5.74) is 1.22. The molecule has 3 amide bonds. The number of thiophene rings is 1. The van der Waals surface area contributed by atoms with E-state index in [4.69, 9.17) is 16.3 Å². The molecule has 2 fully saturated rings. The van der Waals surface area contributed by atoms with Gasteiger partial charge in [-0.1, -0.05) is 11.6 Å². The minimum absolute atomic E-state index is 0.0920. The van der Waals surface area contributed by atoms with Crippen molar-refractivity contribution in [1.29, 1.82) is 0 Å². The number of benzene rings is 1. The number of nitrogens with zero attached hydrogens (tertiary/aromatic N) is 2. The summed E-state index contributed by atoms with van der Waals surface area (Å²) in [6.45, 7) is 2.87. The van der Waals surface area contributed by atoms with Gasteiger partial charge in [0.1, 0.15) is 0 Å². The molecule has 2 saturated heterocycles. The van der Waals surface area contributed by atoms with Gasteiger partial charge in [0, 0.05) is 50.4 Å². The molecule has 4 rings (SSSR count). The van der Waals surface area contributed by atoms with Crippen molar-refractivity contribution in [2.75, 3.05) is 62.3 Å². The Morgan fingerprint density at radius 3 is 2.44 bits per heavy atom. The van der Waals surface area contributed by atoms with Crippen molar-refractivity contribution in [3.63, 3.8) is 0 Å². The number of sulfone groups is 1. The quantitative estimate of drug-likeness (QED) is 0.381. The maximum atomic E-state index is 12.8. The Kier molecular flexibility index (Phi) is 10.4. The first-order valence-corrected chi connectivity index (χ1v) is 16.0. The van der Waals surface area contributed by atoms with Gasteiger partial charge in [-0.2, -0.15) is 0 Å². The van der Waals surface area contributed by atoms with Crippen molar-refractivity contribution >= 4 is 56.2 Å². The highest BCUT2D eigenvalue weighted by Crippen LogP contribution is 2.22. The van der Waals surface area contributed by atoms with Crippen molar-refractivity contribution < 1.29 is 27.5 Å². The fourth-order valence-electron chi connectivity index (χ4n) is 4.43. The molecule has 10 nitrogen and oxygen atoms in total. The van der Waals surface area contributed by atoms with Crippen LogP contribution in [0.25, 0.3) is 0 Å². The third kappa shape index (κ3) is 8.74. The minimum Gasteiger partial charge on any atom is -0.378 e. The number of carbonyl (C=O) groups excluding carboxylic acids is 3. The summed E-state index contributed by atoms with van der Waals surface area (Å²) >= 11 is 7.13. The molecule has 0 aliphatic carbocycles. The Labute approximate surface area is 237 Å². The van der Waals surface area contributed by atoms with Gasteiger partial charge in [-0.15, -0.1) is 11.3 Å². The van der Waals surface area contributed by atoms with E-state index in [-0.39, 0.29) is 42.4 Å². The molecule has 13 heteroatoms. The third-order valence-corrected chi connectivity index (χ3v) is 9.55. The highest BCUT2D eigenvalue weighted by molar-refractivity contribution is 7.91. The van der Waals surface area contributed by atoms with Crippen LogP contribution in [0.5, 0.6) is 0 Å². The number of halogens is 1. The molecule has 0 bridgehead atoms. The number of nitrogens with one attached hydrogen (secondary N) is 2. The third-order valence-electron chi connectivity index (χ3n) is 6.71. The summed E-state index contributed by atoms with van der Waals surface area (Å²) in [5, 5.41) is 5.75. The SMILES string of the molecule is O=C(NCC(COCCN1CCS(=O)(=O)CC1)NC(=O)c1ccc(Cl)s1)c1ccc(N2CCCCC2=O)cc1. The highest BCUT2D eigenvalue weighted by Gasteiger charge is 2.22. The van der Waals surface area contributed by atoms with E-state index in [0.29, 0.717) is 54.0 Å². The molecule has 2 aromatic rings. The van der Waals surface area contributed by atoms with Crippen LogP contribution in [0.4, 0.5) is 5.69 Å². The number of hydrogen-bond donors (Lipinski definition) is 2. The van der Waals surface area contributed by atoms with Gasteiger partial charge in [-0.05, 0) is 49.2 Å². The lowest BCUT2D eigenvalue weighted by Crippen LogP contribution is -2.47. The van der Waals surface area contributed by atoms with Crippen LogP contribution in [0.3, 0.4) is 0 Å². The van der Waals surface area contributed by atoms with Crippen molar-refractivity contribution in [2.45, 2.75) is 25.3 Å². The molecule has 2 N–H and O–H groups in total. The van der Waals surface area contributed by atoms with E-state index in [1.165, 1.54) is 0 Å². The van der Waals surface area contributed by atoms with E-state index in [9.17, 15) is 22.8 Å². The zero-order chi connectivity index (χ0) is 27.8. The largest absolute Gasteiger partial charge is 0.378 e. The summed E-state index contributed by atoms with van der Waals surface area (Å²) in [7, 11) is -2.94. The monoisotopic (exact) mass is 596 g/mol. The van der Waals surface area contributed by atoms with Crippen LogP contribution in [-0.4, -0.2) is 94.5 Å². The Balaban J connectivity index is 1.30. The molecule has 0 saturated carbocycles. The molecule has 39 heavy (non-hydrogen) atoms. The summed E-state index contributed by atoms with van der Waals surface area (Å²) in [5.74, 6) is -0.229. The molecule has 1 atom stereocenters. The predicted octanol–water partition coefficient (Wildman–Crippen LogP) is 2.19. The summed E-state index contributed by atoms with van der Waals surface area (Å²) in [6, 6.07) is 9.69. The number of piperidine rings is 1. The fraction of sp³-hybridized carbons (Fsp3) is 0.500. The maximum absolute atomic E-state index is 12.8. The van der Waals surface area contributed by atoms with E-state index >= 15 is 0 Å². The van der Waals surface area contributed by atoms with Crippen LogP contribution >= 0.6 is 22.9 Å². The van der Waals surface area contributed by atoms with Gasteiger partial charge in [0.2, 0.25) is 5.91 Å². The first-order valence-electron chi connectivity index (χ1n) is 13.0. The molecule has 2 aliphatic rings. The Morgan fingerprint density at radius 1 is 1.03 bits per heavy atom. The lowest BCUT2D eigenvalue weighted by molar-refractivity contribution is -0.119. The molecule has 1 aromatic carbocycles. The van der Waals surface area contributed by atoms with E-state index in [2.05, 4.69) is 10.6 Å². The summed E-state index contributed by atoms with van der Waals surface area (Å²) < 4.78 is 29.5. The zero-order valence-corrected chi connectivity index (χ0v) is 24.0. The number of hydrogen-bond acceptors (Lipinski definition) is 8. The number of anilines is 1. The zero-order valence-electron chi connectivity index (χ0n) is 21.6.